The zero-order chi connectivity index (χ0) is 20.5. The summed E-state index contributed by atoms with van der Waals surface area (Å²) in [6, 6.07) is 9.99. The number of ether oxygens (including phenoxy) is 1. The molecule has 0 aliphatic carbocycles. The molecule has 0 bridgehead atoms. The Kier molecular flexibility index (Phi) is 5.76. The van der Waals surface area contributed by atoms with E-state index in [-0.39, 0.29) is 10.8 Å². The van der Waals surface area contributed by atoms with Gasteiger partial charge in [0.05, 0.1) is 12.0 Å². The predicted octanol–water partition coefficient (Wildman–Crippen LogP) is 3.41. The lowest BCUT2D eigenvalue weighted by Crippen LogP contribution is -2.43. The van der Waals surface area contributed by atoms with Crippen molar-refractivity contribution in [3.63, 3.8) is 0 Å². The number of benzene rings is 2. The average molecular weight is 403 g/mol. The van der Waals surface area contributed by atoms with Crippen molar-refractivity contribution in [3.05, 3.63) is 53.1 Å². The number of carbonyl (C=O) groups is 1. The number of hydrogen-bond donors (Lipinski definition) is 1. The molecule has 7 heteroatoms. The SMILES string of the molecule is COc1ccc(C)c(S(=O)(=O)N2CCC[C@H]2C(=O)Nc2ccc(C)cc2C)c1. The van der Waals surface area contributed by atoms with Crippen LogP contribution in [-0.4, -0.2) is 38.3 Å². The molecular formula is C21H26N2O4S. The largest absolute Gasteiger partial charge is 0.497 e. The first-order valence-corrected chi connectivity index (χ1v) is 10.7. The Morgan fingerprint density at radius 3 is 2.54 bits per heavy atom. The van der Waals surface area contributed by atoms with Crippen LogP contribution in [0.1, 0.15) is 29.5 Å². The third-order valence-electron chi connectivity index (χ3n) is 5.13. The number of nitrogens with zero attached hydrogens (tertiary/aromatic N) is 1. The van der Waals surface area contributed by atoms with Gasteiger partial charge in [-0.2, -0.15) is 4.31 Å². The van der Waals surface area contributed by atoms with Gasteiger partial charge in [0.15, 0.2) is 0 Å². The Bertz CT molecular complexity index is 1000. The van der Waals surface area contributed by atoms with Gasteiger partial charge >= 0.3 is 0 Å². The summed E-state index contributed by atoms with van der Waals surface area (Å²) in [6.07, 6.45) is 1.15. The van der Waals surface area contributed by atoms with Crippen LogP contribution in [0.25, 0.3) is 0 Å². The fourth-order valence-corrected chi connectivity index (χ4v) is 5.47. The summed E-state index contributed by atoms with van der Waals surface area (Å²) in [7, 11) is -2.32. The molecule has 0 radical (unpaired) electrons. The second kappa shape index (κ2) is 7.93. The molecular weight excluding hydrogens is 376 g/mol. The van der Waals surface area contributed by atoms with Crippen molar-refractivity contribution in [1.82, 2.24) is 4.31 Å². The van der Waals surface area contributed by atoms with E-state index in [1.54, 1.807) is 19.1 Å². The molecule has 28 heavy (non-hydrogen) atoms. The molecule has 3 rings (SSSR count). The monoisotopic (exact) mass is 402 g/mol. The molecule has 1 aliphatic heterocycles. The highest BCUT2D eigenvalue weighted by Gasteiger charge is 2.40. The van der Waals surface area contributed by atoms with Gasteiger partial charge in [-0.25, -0.2) is 8.42 Å². The Morgan fingerprint density at radius 1 is 1.11 bits per heavy atom. The van der Waals surface area contributed by atoms with Crippen LogP contribution in [0.15, 0.2) is 41.3 Å². The standard InChI is InChI=1S/C21H26N2O4S/c1-14-7-10-18(16(3)12-14)22-21(24)19-6-5-11-23(19)28(25,26)20-13-17(27-4)9-8-15(20)2/h7-10,12-13,19H,5-6,11H2,1-4H3,(H,22,24)/t19-/m0/s1. The van der Waals surface area contributed by atoms with Crippen LogP contribution in [0, 0.1) is 20.8 Å². The van der Waals surface area contributed by atoms with Gasteiger partial charge in [-0.15, -0.1) is 0 Å². The fourth-order valence-electron chi connectivity index (χ4n) is 3.57. The number of sulfonamides is 1. The summed E-state index contributed by atoms with van der Waals surface area (Å²) in [5.41, 5.74) is 3.39. The summed E-state index contributed by atoms with van der Waals surface area (Å²) >= 11 is 0. The molecule has 1 aliphatic rings. The first-order chi connectivity index (χ1) is 13.2. The van der Waals surface area contributed by atoms with Crippen molar-refractivity contribution in [1.29, 1.82) is 0 Å². The zero-order valence-corrected chi connectivity index (χ0v) is 17.5. The molecule has 1 amide bonds. The van der Waals surface area contributed by atoms with E-state index in [1.807, 2.05) is 32.0 Å². The van der Waals surface area contributed by atoms with Gasteiger partial charge < -0.3 is 10.1 Å². The van der Waals surface area contributed by atoms with E-state index in [0.29, 0.717) is 36.4 Å². The predicted molar refractivity (Wildman–Crippen MR) is 109 cm³/mol. The van der Waals surface area contributed by atoms with Gasteiger partial charge in [-0.05, 0) is 56.9 Å². The average Bonchev–Trinajstić information content (AvgIpc) is 3.15. The zero-order valence-electron chi connectivity index (χ0n) is 16.7. The molecule has 0 saturated carbocycles. The first kappa shape index (κ1) is 20.4. The number of rotatable bonds is 5. The Balaban J connectivity index is 1.88. The molecule has 0 aromatic heterocycles. The summed E-state index contributed by atoms with van der Waals surface area (Å²) in [5, 5.41) is 2.90. The maximum atomic E-state index is 13.3. The number of anilines is 1. The molecule has 1 atom stereocenters. The number of aryl methyl sites for hydroxylation is 3. The molecule has 0 spiro atoms. The van der Waals surface area contributed by atoms with E-state index >= 15 is 0 Å². The lowest BCUT2D eigenvalue weighted by Gasteiger charge is -2.24. The van der Waals surface area contributed by atoms with E-state index in [4.69, 9.17) is 4.74 Å². The molecule has 2 aromatic rings. The van der Waals surface area contributed by atoms with Crippen molar-refractivity contribution < 1.29 is 17.9 Å². The normalized spacial score (nSPS) is 17.5. The molecule has 150 valence electrons. The minimum absolute atomic E-state index is 0.179. The van der Waals surface area contributed by atoms with Crippen LogP contribution in [0.3, 0.4) is 0 Å². The van der Waals surface area contributed by atoms with Crippen molar-refractivity contribution in [2.24, 2.45) is 0 Å². The third kappa shape index (κ3) is 3.91. The maximum absolute atomic E-state index is 13.3. The van der Waals surface area contributed by atoms with E-state index in [0.717, 1.165) is 11.1 Å². The van der Waals surface area contributed by atoms with Gasteiger partial charge in [0.25, 0.3) is 0 Å². The molecule has 1 saturated heterocycles. The highest BCUT2D eigenvalue weighted by atomic mass is 32.2. The van der Waals surface area contributed by atoms with Gasteiger partial charge in [-0.1, -0.05) is 23.8 Å². The summed E-state index contributed by atoms with van der Waals surface area (Å²) in [5.74, 6) is 0.174. The van der Waals surface area contributed by atoms with Crippen LogP contribution in [-0.2, 0) is 14.8 Å². The van der Waals surface area contributed by atoms with E-state index in [9.17, 15) is 13.2 Å². The van der Waals surface area contributed by atoms with Gasteiger partial charge in [0, 0.05) is 18.3 Å². The smallest absolute Gasteiger partial charge is 0.244 e. The van der Waals surface area contributed by atoms with Gasteiger partial charge in [0.1, 0.15) is 11.8 Å². The minimum atomic E-state index is -3.81. The fraction of sp³-hybridized carbons (Fsp3) is 0.381. The summed E-state index contributed by atoms with van der Waals surface area (Å²) in [6.45, 7) is 5.98. The third-order valence-corrected chi connectivity index (χ3v) is 7.18. The first-order valence-electron chi connectivity index (χ1n) is 9.28. The van der Waals surface area contributed by atoms with E-state index in [2.05, 4.69) is 5.32 Å². The number of amides is 1. The lowest BCUT2D eigenvalue weighted by atomic mass is 10.1. The second-order valence-corrected chi connectivity index (χ2v) is 9.07. The number of carbonyl (C=O) groups excluding carboxylic acids is 1. The van der Waals surface area contributed by atoms with Crippen molar-refractivity contribution >= 4 is 21.6 Å². The molecule has 2 aromatic carbocycles. The lowest BCUT2D eigenvalue weighted by molar-refractivity contribution is -0.119. The van der Waals surface area contributed by atoms with Crippen LogP contribution in [0.5, 0.6) is 5.75 Å². The van der Waals surface area contributed by atoms with Crippen molar-refractivity contribution in [2.75, 3.05) is 19.0 Å². The molecule has 1 N–H and O–H groups in total. The highest BCUT2D eigenvalue weighted by molar-refractivity contribution is 7.89. The van der Waals surface area contributed by atoms with E-state index in [1.165, 1.54) is 17.5 Å². The molecule has 6 nitrogen and oxygen atoms in total. The van der Waals surface area contributed by atoms with E-state index < -0.39 is 16.1 Å². The number of nitrogens with one attached hydrogen (secondary N) is 1. The topological polar surface area (TPSA) is 75.7 Å². The van der Waals surface area contributed by atoms with Crippen LogP contribution >= 0.6 is 0 Å². The maximum Gasteiger partial charge on any atom is 0.244 e. The van der Waals surface area contributed by atoms with Crippen LogP contribution < -0.4 is 10.1 Å². The number of methoxy groups -OCH3 is 1. The number of hydrogen-bond acceptors (Lipinski definition) is 4. The molecule has 1 fully saturated rings. The Labute approximate surface area is 166 Å². The summed E-state index contributed by atoms with van der Waals surface area (Å²) in [4.78, 5) is 13.1. The minimum Gasteiger partial charge on any atom is -0.497 e. The summed E-state index contributed by atoms with van der Waals surface area (Å²) < 4.78 is 33.1. The van der Waals surface area contributed by atoms with Crippen LogP contribution in [0.4, 0.5) is 5.69 Å². The highest BCUT2D eigenvalue weighted by Crippen LogP contribution is 2.31. The Hall–Kier alpha value is -2.38. The van der Waals surface area contributed by atoms with Crippen molar-refractivity contribution in [3.8, 4) is 5.75 Å². The second-order valence-electron chi connectivity index (χ2n) is 7.21. The van der Waals surface area contributed by atoms with Crippen molar-refractivity contribution in [2.45, 2.75) is 44.6 Å². The van der Waals surface area contributed by atoms with Gasteiger partial charge in [0.2, 0.25) is 15.9 Å². The quantitative estimate of drug-likeness (QED) is 0.832. The molecule has 1 heterocycles. The molecule has 0 unspecified atom stereocenters. The Morgan fingerprint density at radius 2 is 1.86 bits per heavy atom. The van der Waals surface area contributed by atoms with Crippen LogP contribution in [0.2, 0.25) is 0 Å². The van der Waals surface area contributed by atoms with Gasteiger partial charge in [-0.3, -0.25) is 4.79 Å².